The van der Waals surface area contributed by atoms with Gasteiger partial charge in [-0.05, 0) is 18.6 Å². The number of methoxy groups -OCH3 is 1. The number of hydrogen-bond acceptors (Lipinski definition) is 5. The number of hydrogen-bond donors (Lipinski definition) is 2. The summed E-state index contributed by atoms with van der Waals surface area (Å²) in [6.07, 6.45) is 4.39. The standard InChI is InChI=1S/C16H16N2O5/c1-22-13-5-11-9(4-12(13)16(20)21)6-17-7-14(11)23-8-10-2-3-15(19)18-10/h4-7,10H,2-3,8H2,1H3,(H,18,19)(H,20,21)/t10-/m0/s1. The molecule has 0 bridgehead atoms. The topological polar surface area (TPSA) is 97.8 Å². The van der Waals surface area contributed by atoms with Crippen LogP contribution in [0.15, 0.2) is 24.5 Å². The Kier molecular flexibility index (Phi) is 4.01. The lowest BCUT2D eigenvalue weighted by Gasteiger charge is -2.14. The van der Waals surface area contributed by atoms with Crippen molar-refractivity contribution in [3.63, 3.8) is 0 Å². The van der Waals surface area contributed by atoms with Crippen molar-refractivity contribution in [3.8, 4) is 11.5 Å². The van der Waals surface area contributed by atoms with Crippen molar-refractivity contribution in [2.75, 3.05) is 13.7 Å². The molecular weight excluding hydrogens is 300 g/mol. The number of carbonyl (C=O) groups is 2. The van der Waals surface area contributed by atoms with E-state index in [1.807, 2.05) is 0 Å². The molecule has 0 spiro atoms. The number of carboxylic acids is 1. The third kappa shape index (κ3) is 3.03. The largest absolute Gasteiger partial charge is 0.496 e. The van der Waals surface area contributed by atoms with E-state index >= 15 is 0 Å². The summed E-state index contributed by atoms with van der Waals surface area (Å²) in [6.45, 7) is 0.343. The van der Waals surface area contributed by atoms with E-state index in [9.17, 15) is 14.7 Å². The molecule has 1 aromatic carbocycles. The van der Waals surface area contributed by atoms with Crippen molar-refractivity contribution >= 4 is 22.6 Å². The molecule has 2 N–H and O–H groups in total. The molecule has 1 saturated heterocycles. The molecule has 1 aromatic heterocycles. The number of pyridine rings is 1. The highest BCUT2D eigenvalue weighted by atomic mass is 16.5. The molecule has 0 unspecified atom stereocenters. The minimum absolute atomic E-state index is 0.0158. The van der Waals surface area contributed by atoms with E-state index in [0.717, 1.165) is 6.42 Å². The number of fused-ring (bicyclic) bond motifs is 1. The van der Waals surface area contributed by atoms with E-state index in [4.69, 9.17) is 9.47 Å². The van der Waals surface area contributed by atoms with E-state index in [2.05, 4.69) is 10.3 Å². The highest BCUT2D eigenvalue weighted by Gasteiger charge is 2.21. The Morgan fingerprint density at radius 3 is 2.87 bits per heavy atom. The van der Waals surface area contributed by atoms with Gasteiger partial charge in [0.15, 0.2) is 0 Å². The number of carboxylic acid groups (broad SMARTS) is 1. The van der Waals surface area contributed by atoms with Gasteiger partial charge in [-0.2, -0.15) is 0 Å². The molecule has 2 heterocycles. The smallest absolute Gasteiger partial charge is 0.339 e. The van der Waals surface area contributed by atoms with Gasteiger partial charge < -0.3 is 19.9 Å². The summed E-state index contributed by atoms with van der Waals surface area (Å²) < 4.78 is 10.9. The van der Waals surface area contributed by atoms with Crippen molar-refractivity contribution in [2.24, 2.45) is 0 Å². The lowest BCUT2D eigenvalue weighted by molar-refractivity contribution is -0.119. The molecule has 1 aliphatic rings. The average molecular weight is 316 g/mol. The Morgan fingerprint density at radius 2 is 2.22 bits per heavy atom. The molecule has 3 rings (SSSR count). The van der Waals surface area contributed by atoms with Gasteiger partial charge >= 0.3 is 5.97 Å². The molecule has 1 fully saturated rings. The number of carbonyl (C=O) groups excluding carboxylic acids is 1. The second-order valence-corrected chi connectivity index (χ2v) is 5.33. The molecule has 0 aliphatic carbocycles. The molecule has 2 aromatic rings. The first kappa shape index (κ1) is 15.1. The van der Waals surface area contributed by atoms with Crippen LogP contribution < -0.4 is 14.8 Å². The van der Waals surface area contributed by atoms with Crippen LogP contribution in [0.2, 0.25) is 0 Å². The van der Waals surface area contributed by atoms with Crippen molar-refractivity contribution < 1.29 is 24.2 Å². The summed E-state index contributed by atoms with van der Waals surface area (Å²) in [6, 6.07) is 3.12. The Morgan fingerprint density at radius 1 is 1.39 bits per heavy atom. The molecule has 7 heteroatoms. The number of rotatable bonds is 5. The highest BCUT2D eigenvalue weighted by Crippen LogP contribution is 2.31. The summed E-state index contributed by atoms with van der Waals surface area (Å²) in [5.41, 5.74) is 0.0713. The fourth-order valence-electron chi connectivity index (χ4n) is 2.62. The van der Waals surface area contributed by atoms with Crippen LogP contribution in [0.1, 0.15) is 23.2 Å². The molecule has 0 radical (unpaired) electrons. The van der Waals surface area contributed by atoms with E-state index in [1.165, 1.54) is 13.2 Å². The SMILES string of the molecule is COc1cc2c(OC[C@@H]3CCC(=O)N3)cncc2cc1C(=O)O. The summed E-state index contributed by atoms with van der Waals surface area (Å²) in [7, 11) is 1.42. The predicted octanol–water partition coefficient (Wildman–Crippen LogP) is 1.60. The highest BCUT2D eigenvalue weighted by molar-refractivity contribution is 5.99. The summed E-state index contributed by atoms with van der Waals surface area (Å²) in [5.74, 6) is -0.250. The van der Waals surface area contributed by atoms with E-state index in [-0.39, 0.29) is 23.3 Å². The third-order valence-electron chi connectivity index (χ3n) is 3.80. The normalized spacial score (nSPS) is 17.1. The summed E-state index contributed by atoms with van der Waals surface area (Å²) in [4.78, 5) is 26.6. The third-order valence-corrected chi connectivity index (χ3v) is 3.80. The molecule has 1 atom stereocenters. The minimum atomic E-state index is -1.07. The fourth-order valence-corrected chi connectivity index (χ4v) is 2.62. The van der Waals surface area contributed by atoms with Crippen LogP contribution >= 0.6 is 0 Å². The number of benzene rings is 1. The van der Waals surface area contributed by atoms with Crippen molar-refractivity contribution in [1.29, 1.82) is 0 Å². The Balaban J connectivity index is 1.91. The average Bonchev–Trinajstić information content (AvgIpc) is 2.96. The van der Waals surface area contributed by atoms with Gasteiger partial charge in [0.05, 0.1) is 19.3 Å². The van der Waals surface area contributed by atoms with Gasteiger partial charge in [0, 0.05) is 23.4 Å². The van der Waals surface area contributed by atoms with Crippen molar-refractivity contribution in [2.45, 2.75) is 18.9 Å². The fraction of sp³-hybridized carbons (Fsp3) is 0.312. The van der Waals surface area contributed by atoms with Crippen molar-refractivity contribution in [1.82, 2.24) is 10.3 Å². The lowest BCUT2D eigenvalue weighted by Crippen LogP contribution is -2.30. The Hall–Kier alpha value is -2.83. The van der Waals surface area contributed by atoms with E-state index < -0.39 is 5.97 Å². The Labute approximate surface area is 132 Å². The van der Waals surface area contributed by atoms with Gasteiger partial charge in [-0.3, -0.25) is 9.78 Å². The minimum Gasteiger partial charge on any atom is -0.496 e. The molecular formula is C16H16N2O5. The van der Waals surface area contributed by atoms with Gasteiger partial charge in [0.1, 0.15) is 23.7 Å². The molecule has 1 aliphatic heterocycles. The zero-order chi connectivity index (χ0) is 16.4. The molecule has 23 heavy (non-hydrogen) atoms. The van der Waals surface area contributed by atoms with E-state index in [1.54, 1.807) is 18.5 Å². The number of nitrogens with zero attached hydrogens (tertiary/aromatic N) is 1. The monoisotopic (exact) mass is 316 g/mol. The van der Waals surface area contributed by atoms with Gasteiger partial charge in [0.2, 0.25) is 5.91 Å². The van der Waals surface area contributed by atoms with Crippen LogP contribution in [0.4, 0.5) is 0 Å². The second kappa shape index (κ2) is 6.12. The van der Waals surface area contributed by atoms with Crippen LogP contribution in [-0.2, 0) is 4.79 Å². The maximum atomic E-state index is 11.3. The first-order valence-electron chi connectivity index (χ1n) is 7.19. The van der Waals surface area contributed by atoms with Crippen LogP contribution in [-0.4, -0.2) is 41.7 Å². The maximum absolute atomic E-state index is 11.3. The second-order valence-electron chi connectivity index (χ2n) is 5.33. The number of ether oxygens (including phenoxy) is 2. The van der Waals surface area contributed by atoms with Gasteiger partial charge in [-0.25, -0.2) is 4.79 Å². The zero-order valence-corrected chi connectivity index (χ0v) is 12.5. The molecule has 0 saturated carbocycles. The summed E-state index contributed by atoms with van der Waals surface area (Å²) in [5, 5.41) is 13.4. The Bertz CT molecular complexity index is 774. The van der Waals surface area contributed by atoms with Gasteiger partial charge in [-0.15, -0.1) is 0 Å². The van der Waals surface area contributed by atoms with Crippen LogP contribution in [0.25, 0.3) is 10.8 Å². The van der Waals surface area contributed by atoms with Gasteiger partial charge in [0.25, 0.3) is 0 Å². The predicted molar refractivity (Wildman–Crippen MR) is 81.9 cm³/mol. The van der Waals surface area contributed by atoms with Crippen LogP contribution in [0.5, 0.6) is 11.5 Å². The lowest BCUT2D eigenvalue weighted by atomic mass is 10.1. The number of aromatic carboxylic acids is 1. The number of nitrogens with one attached hydrogen (secondary N) is 1. The summed E-state index contributed by atoms with van der Waals surface area (Å²) >= 11 is 0. The first-order chi connectivity index (χ1) is 11.1. The van der Waals surface area contributed by atoms with Gasteiger partial charge in [-0.1, -0.05) is 0 Å². The first-order valence-corrected chi connectivity index (χ1v) is 7.19. The molecule has 1 amide bonds. The van der Waals surface area contributed by atoms with Crippen LogP contribution in [0, 0.1) is 0 Å². The molecule has 7 nitrogen and oxygen atoms in total. The number of amides is 1. The quantitative estimate of drug-likeness (QED) is 0.869. The van der Waals surface area contributed by atoms with E-state index in [0.29, 0.717) is 29.5 Å². The maximum Gasteiger partial charge on any atom is 0.339 e. The molecule has 120 valence electrons. The van der Waals surface area contributed by atoms with Crippen molar-refractivity contribution in [3.05, 3.63) is 30.1 Å². The van der Waals surface area contributed by atoms with Crippen LogP contribution in [0.3, 0.4) is 0 Å². The number of aromatic nitrogens is 1. The zero-order valence-electron chi connectivity index (χ0n) is 12.5.